The van der Waals surface area contributed by atoms with Crippen molar-refractivity contribution in [3.05, 3.63) is 53.9 Å². The zero-order valence-corrected chi connectivity index (χ0v) is 9.26. The van der Waals surface area contributed by atoms with Gasteiger partial charge in [-0.25, -0.2) is 0 Å². The van der Waals surface area contributed by atoms with Crippen molar-refractivity contribution in [1.29, 1.82) is 0 Å². The number of carbonyl (C=O) groups excluding carboxylic acids is 1. The van der Waals surface area contributed by atoms with Gasteiger partial charge in [-0.1, -0.05) is 18.2 Å². The third-order valence-electron chi connectivity index (χ3n) is 3.10. The summed E-state index contributed by atoms with van der Waals surface area (Å²) in [5, 5.41) is 3.21. The summed E-state index contributed by atoms with van der Waals surface area (Å²) in [6, 6.07) is 11.4. The molecule has 2 heterocycles. The zero-order chi connectivity index (χ0) is 11.8. The maximum Gasteiger partial charge on any atom is 0.246 e. The molecule has 1 aromatic heterocycles. The molecule has 17 heavy (non-hydrogen) atoms. The standard InChI is InChI=1S/C13H13N3O/c14-13(17)12-11-6-3-7-16(11)8-9-4-1-2-5-10(9)15-12/h1-7,12,15H,8H2,(H2,14,17). The fourth-order valence-electron chi connectivity index (χ4n) is 2.26. The molecule has 1 atom stereocenters. The first-order chi connectivity index (χ1) is 8.25. The minimum atomic E-state index is -0.464. The lowest BCUT2D eigenvalue weighted by atomic mass is 10.1. The Kier molecular flexibility index (Phi) is 2.14. The average molecular weight is 227 g/mol. The number of nitrogens with zero attached hydrogens (tertiary/aromatic N) is 1. The lowest BCUT2D eigenvalue weighted by Gasteiger charge is -2.15. The molecular formula is C13H13N3O. The average Bonchev–Trinajstić information content (AvgIpc) is 2.69. The lowest BCUT2D eigenvalue weighted by Crippen LogP contribution is -2.28. The van der Waals surface area contributed by atoms with E-state index >= 15 is 0 Å². The Labute approximate surface area is 99.0 Å². The first-order valence-electron chi connectivity index (χ1n) is 5.54. The number of nitrogens with two attached hydrogens (primary N) is 1. The SMILES string of the molecule is NC(=O)C1Nc2ccccc2Cn2cccc21. The van der Waals surface area contributed by atoms with Gasteiger partial charge >= 0.3 is 0 Å². The van der Waals surface area contributed by atoms with Gasteiger partial charge in [-0.3, -0.25) is 4.79 Å². The van der Waals surface area contributed by atoms with E-state index in [1.807, 2.05) is 41.1 Å². The van der Waals surface area contributed by atoms with E-state index in [0.29, 0.717) is 0 Å². The van der Waals surface area contributed by atoms with Gasteiger partial charge in [0.25, 0.3) is 0 Å². The molecule has 1 aliphatic rings. The molecule has 0 fully saturated rings. The van der Waals surface area contributed by atoms with Crippen molar-refractivity contribution >= 4 is 11.6 Å². The van der Waals surface area contributed by atoms with E-state index in [9.17, 15) is 4.79 Å². The number of amides is 1. The second-order valence-corrected chi connectivity index (χ2v) is 4.20. The molecule has 1 aliphatic heterocycles. The topological polar surface area (TPSA) is 60.1 Å². The predicted molar refractivity (Wildman–Crippen MR) is 65.5 cm³/mol. The molecule has 4 nitrogen and oxygen atoms in total. The number of hydrogen-bond acceptors (Lipinski definition) is 2. The van der Waals surface area contributed by atoms with Crippen molar-refractivity contribution in [3.63, 3.8) is 0 Å². The van der Waals surface area contributed by atoms with E-state index in [2.05, 4.69) is 11.4 Å². The molecule has 1 amide bonds. The maximum atomic E-state index is 11.5. The number of carbonyl (C=O) groups is 1. The minimum absolute atomic E-state index is 0.360. The van der Waals surface area contributed by atoms with E-state index in [-0.39, 0.29) is 5.91 Å². The molecular weight excluding hydrogens is 214 g/mol. The van der Waals surface area contributed by atoms with E-state index in [4.69, 9.17) is 5.73 Å². The van der Waals surface area contributed by atoms with Crippen LogP contribution in [0.5, 0.6) is 0 Å². The molecule has 0 saturated carbocycles. The highest BCUT2D eigenvalue weighted by molar-refractivity contribution is 5.84. The number of benzene rings is 1. The largest absolute Gasteiger partial charge is 0.369 e. The van der Waals surface area contributed by atoms with Gasteiger partial charge in [-0.15, -0.1) is 0 Å². The van der Waals surface area contributed by atoms with Crippen LogP contribution in [0.2, 0.25) is 0 Å². The molecule has 2 aromatic rings. The van der Waals surface area contributed by atoms with E-state index in [1.54, 1.807) is 0 Å². The highest BCUT2D eigenvalue weighted by Gasteiger charge is 2.24. The third kappa shape index (κ3) is 1.58. The Bertz CT molecular complexity index is 574. The molecule has 3 N–H and O–H groups in total. The number of rotatable bonds is 1. The van der Waals surface area contributed by atoms with Crippen molar-refractivity contribution < 1.29 is 4.79 Å². The number of hydrogen-bond donors (Lipinski definition) is 2. The lowest BCUT2D eigenvalue weighted by molar-refractivity contribution is -0.118. The summed E-state index contributed by atoms with van der Waals surface area (Å²) in [7, 11) is 0. The Morgan fingerprint density at radius 1 is 1.29 bits per heavy atom. The van der Waals surface area contributed by atoms with E-state index in [0.717, 1.165) is 23.5 Å². The van der Waals surface area contributed by atoms with Crippen LogP contribution in [-0.2, 0) is 11.3 Å². The van der Waals surface area contributed by atoms with Gasteiger partial charge in [0.05, 0.1) is 5.69 Å². The quantitative estimate of drug-likeness (QED) is 0.775. The van der Waals surface area contributed by atoms with Crippen LogP contribution in [0.25, 0.3) is 0 Å². The van der Waals surface area contributed by atoms with Crippen LogP contribution >= 0.6 is 0 Å². The second kappa shape index (κ2) is 3.66. The summed E-state index contributed by atoms with van der Waals surface area (Å²) in [5.41, 5.74) is 8.50. The Balaban J connectivity index is 2.15. The summed E-state index contributed by atoms with van der Waals surface area (Å²) in [5.74, 6) is -0.360. The molecule has 86 valence electrons. The van der Waals surface area contributed by atoms with Gasteiger partial charge in [-0.05, 0) is 23.8 Å². The van der Waals surface area contributed by atoms with Gasteiger partial charge < -0.3 is 15.6 Å². The van der Waals surface area contributed by atoms with Crippen molar-refractivity contribution in [2.24, 2.45) is 5.73 Å². The number of aromatic nitrogens is 1. The fraction of sp³-hybridized carbons (Fsp3) is 0.154. The van der Waals surface area contributed by atoms with Crippen molar-refractivity contribution in [2.75, 3.05) is 5.32 Å². The summed E-state index contributed by atoms with van der Waals surface area (Å²) in [6.07, 6.45) is 1.97. The third-order valence-corrected chi connectivity index (χ3v) is 3.10. The minimum Gasteiger partial charge on any atom is -0.369 e. The Hall–Kier alpha value is -2.23. The van der Waals surface area contributed by atoms with Crippen LogP contribution in [0.4, 0.5) is 5.69 Å². The first kappa shape index (κ1) is 9.96. The van der Waals surface area contributed by atoms with Gasteiger partial charge in [-0.2, -0.15) is 0 Å². The number of para-hydroxylation sites is 1. The first-order valence-corrected chi connectivity index (χ1v) is 5.54. The number of nitrogens with one attached hydrogen (secondary N) is 1. The van der Waals surface area contributed by atoms with Gasteiger partial charge in [0, 0.05) is 18.4 Å². The molecule has 0 saturated heterocycles. The van der Waals surface area contributed by atoms with Crippen LogP contribution < -0.4 is 11.1 Å². The molecule has 0 aliphatic carbocycles. The smallest absolute Gasteiger partial charge is 0.246 e. The normalized spacial score (nSPS) is 17.5. The van der Waals surface area contributed by atoms with Crippen LogP contribution in [0.15, 0.2) is 42.6 Å². The fourth-order valence-corrected chi connectivity index (χ4v) is 2.26. The molecule has 0 radical (unpaired) electrons. The van der Waals surface area contributed by atoms with E-state index in [1.165, 1.54) is 0 Å². The van der Waals surface area contributed by atoms with Crippen molar-refractivity contribution in [2.45, 2.75) is 12.6 Å². The predicted octanol–water partition coefficient (Wildman–Crippen LogP) is 1.49. The van der Waals surface area contributed by atoms with Gasteiger partial charge in [0.2, 0.25) is 5.91 Å². The molecule has 4 heteroatoms. The molecule has 0 bridgehead atoms. The highest BCUT2D eigenvalue weighted by Crippen LogP contribution is 2.28. The molecule has 0 spiro atoms. The summed E-state index contributed by atoms with van der Waals surface area (Å²) >= 11 is 0. The molecule has 1 aromatic carbocycles. The summed E-state index contributed by atoms with van der Waals surface area (Å²) < 4.78 is 2.05. The monoisotopic (exact) mass is 227 g/mol. The Morgan fingerprint density at radius 2 is 2.12 bits per heavy atom. The molecule has 3 rings (SSSR count). The van der Waals surface area contributed by atoms with Crippen LogP contribution in [-0.4, -0.2) is 10.5 Å². The maximum absolute atomic E-state index is 11.5. The van der Waals surface area contributed by atoms with Crippen LogP contribution in [0.1, 0.15) is 17.3 Å². The number of anilines is 1. The van der Waals surface area contributed by atoms with Gasteiger partial charge in [0.15, 0.2) is 0 Å². The number of primary amides is 1. The zero-order valence-electron chi connectivity index (χ0n) is 9.26. The van der Waals surface area contributed by atoms with Crippen LogP contribution in [0.3, 0.4) is 0 Å². The summed E-state index contributed by atoms with van der Waals surface area (Å²) in [4.78, 5) is 11.5. The second-order valence-electron chi connectivity index (χ2n) is 4.20. The highest BCUT2D eigenvalue weighted by atomic mass is 16.1. The van der Waals surface area contributed by atoms with Crippen molar-refractivity contribution in [1.82, 2.24) is 4.57 Å². The van der Waals surface area contributed by atoms with Crippen LogP contribution in [0, 0.1) is 0 Å². The summed E-state index contributed by atoms with van der Waals surface area (Å²) in [6.45, 7) is 0.759. The Morgan fingerprint density at radius 3 is 2.94 bits per heavy atom. The van der Waals surface area contributed by atoms with E-state index < -0.39 is 6.04 Å². The van der Waals surface area contributed by atoms with Gasteiger partial charge in [0.1, 0.15) is 6.04 Å². The molecule has 1 unspecified atom stereocenters. The van der Waals surface area contributed by atoms with Crippen molar-refractivity contribution in [3.8, 4) is 0 Å². The number of fused-ring (bicyclic) bond motifs is 2.